The minimum atomic E-state index is -0.417. The normalized spacial score (nSPS) is 4.50. The number of hydrogen-bond acceptors (Lipinski definition) is 2. The third-order valence-corrected chi connectivity index (χ3v) is 0. The fraction of sp³-hybridized carbons (Fsp3) is 0. The third kappa shape index (κ3) is 22.5. The Balaban J connectivity index is 0. The summed E-state index contributed by atoms with van der Waals surface area (Å²) in [5.74, 6) is 0. The smallest absolute Gasteiger partial charge is 0.544 e. The van der Waals surface area contributed by atoms with Crippen LogP contribution in [0.5, 0.6) is 0 Å². The summed E-state index contributed by atoms with van der Waals surface area (Å²) >= 11 is -0.417. The molecule has 0 heterocycles. The van der Waals surface area contributed by atoms with E-state index in [-0.39, 0.29) is 12.4 Å². The van der Waals surface area contributed by atoms with E-state index in [1.807, 2.05) is 0 Å². The van der Waals surface area contributed by atoms with Crippen molar-refractivity contribution in [3.05, 3.63) is 0 Å². The quantitative estimate of drug-likeness (QED) is 0.343. The second kappa shape index (κ2) is 9.72. The van der Waals surface area contributed by atoms with Crippen LogP contribution in [-0.2, 0) is 0 Å². The van der Waals surface area contributed by atoms with Crippen LogP contribution in [0, 0.1) is 23.7 Å². The van der Waals surface area contributed by atoms with Gasteiger partial charge < -0.3 is 9.32 Å². The minimum Gasteiger partial charge on any atom is -0.544 e. The van der Waals surface area contributed by atoms with Crippen LogP contribution in [0.4, 0.5) is 0 Å². The summed E-state index contributed by atoms with van der Waals surface area (Å²) in [5, 5.41) is 0. The molecule has 26 valence electrons. The van der Waals surface area contributed by atoms with Gasteiger partial charge in [-0.25, -0.2) is 0 Å². The summed E-state index contributed by atoms with van der Waals surface area (Å²) < 4.78 is 16.5. The van der Waals surface area contributed by atoms with E-state index in [2.05, 4.69) is 0 Å². The molecule has 0 aromatic heterocycles. The van der Waals surface area contributed by atoms with Crippen molar-refractivity contribution in [1.29, 1.82) is 0 Å². The Morgan fingerprint density at radius 2 is 1.25 bits per heavy atom. The zero-order valence-corrected chi connectivity index (χ0v) is 3.08. The Labute approximate surface area is 33.9 Å². The lowest BCUT2D eigenvalue weighted by Crippen LogP contribution is -2.13. The molecule has 0 atom stereocenters. The second-order valence-electron chi connectivity index (χ2n) is 0.0630. The van der Waals surface area contributed by atoms with E-state index in [0.29, 0.717) is 0 Å². The Morgan fingerprint density at radius 1 is 1.25 bits per heavy atom. The minimum absolute atomic E-state index is 0. The van der Waals surface area contributed by atoms with Crippen molar-refractivity contribution in [3.8, 4) is 0 Å². The highest BCUT2D eigenvalue weighted by atomic mass is 35.6. The Bertz CT molecular complexity index is 4.00. The molecule has 0 aliphatic carbocycles. The van der Waals surface area contributed by atoms with Crippen LogP contribution in [0.15, 0.2) is 0 Å². The van der Waals surface area contributed by atoms with Gasteiger partial charge in [0.25, 0.3) is 0 Å². The van der Waals surface area contributed by atoms with E-state index in [0.717, 1.165) is 0 Å². The van der Waals surface area contributed by atoms with Gasteiger partial charge in [0.15, 0.2) is 0 Å². The molecule has 0 spiro atoms. The largest absolute Gasteiger partial charge is 1.00 e. The van der Waals surface area contributed by atoms with E-state index in [9.17, 15) is 0 Å². The molecule has 0 N–H and O–H groups in total. The van der Waals surface area contributed by atoms with Gasteiger partial charge >= 0.3 is 12.4 Å². The van der Waals surface area contributed by atoms with Gasteiger partial charge in [0, 0.05) is 0 Å². The van der Waals surface area contributed by atoms with Gasteiger partial charge in [0.05, 0.1) is 11.3 Å². The van der Waals surface area contributed by atoms with Crippen molar-refractivity contribution in [3.63, 3.8) is 0 Å². The molecule has 0 rings (SSSR count). The van der Waals surface area contributed by atoms with E-state index in [4.69, 9.17) is 9.32 Å². The van der Waals surface area contributed by atoms with Crippen LogP contribution >= 0.6 is 0 Å². The molecule has 2 radical (unpaired) electrons. The highest BCUT2D eigenvalue weighted by molar-refractivity contribution is 1.41. The molecular weight excluding hydrogens is 103 g/mol. The summed E-state index contributed by atoms with van der Waals surface area (Å²) in [7, 11) is 0. The molecule has 0 aromatic carbocycles. The van der Waals surface area contributed by atoms with E-state index in [1.165, 1.54) is 0 Å². The standard InChI is InChI=1S/ClO2.Cl/c2-1-3;/q-1;+1. The molecule has 0 fully saturated rings. The lowest BCUT2D eigenvalue weighted by molar-refractivity contribution is -1.41. The molecule has 0 unspecified atom stereocenters. The van der Waals surface area contributed by atoms with Gasteiger partial charge in [-0.2, -0.15) is 0 Å². The fourth-order valence-corrected chi connectivity index (χ4v) is 0. The summed E-state index contributed by atoms with van der Waals surface area (Å²) in [4.78, 5) is 0. The summed E-state index contributed by atoms with van der Waals surface area (Å²) in [6, 6.07) is 0. The van der Waals surface area contributed by atoms with Crippen molar-refractivity contribution in [2.45, 2.75) is 0 Å². The topological polar surface area (TPSA) is 46.1 Å². The van der Waals surface area contributed by atoms with Crippen molar-refractivity contribution in [2.75, 3.05) is 0 Å². The average molecular weight is 103 g/mol. The first-order valence-corrected chi connectivity index (χ1v) is 0.926. The fourth-order valence-electron chi connectivity index (χ4n) is 0. The molecule has 2 nitrogen and oxygen atoms in total. The predicted octanol–water partition coefficient (Wildman–Crippen LogP) is -2.38. The van der Waals surface area contributed by atoms with Crippen LogP contribution < -0.4 is 9.32 Å². The van der Waals surface area contributed by atoms with Crippen LogP contribution in [0.2, 0.25) is 0 Å². The molecule has 4 heavy (non-hydrogen) atoms. The first-order chi connectivity index (χ1) is 1.41. The van der Waals surface area contributed by atoms with E-state index < -0.39 is 11.3 Å². The summed E-state index contributed by atoms with van der Waals surface area (Å²) in [5.41, 5.74) is 0. The van der Waals surface area contributed by atoms with Gasteiger partial charge in [0.1, 0.15) is 0 Å². The maximum absolute atomic E-state index is 8.24. The van der Waals surface area contributed by atoms with Gasteiger partial charge in [-0.05, 0) is 0 Å². The first kappa shape index (κ1) is 8.82. The maximum atomic E-state index is 8.24. The molecular formula is Cl2O2. The molecule has 0 saturated heterocycles. The number of hydrogen-bond donors (Lipinski definition) is 0. The predicted molar refractivity (Wildman–Crippen MR) is 0 cm³/mol. The van der Waals surface area contributed by atoms with Crippen molar-refractivity contribution < 1.29 is 33.1 Å². The molecule has 0 aromatic rings. The molecule has 0 amide bonds. The highest BCUT2D eigenvalue weighted by Crippen LogP contribution is 0.940. The molecule has 4 heteroatoms. The lowest BCUT2D eigenvalue weighted by atomic mass is 15.9. The highest BCUT2D eigenvalue weighted by Gasteiger charge is 1.22. The lowest BCUT2D eigenvalue weighted by Gasteiger charge is -1.68. The monoisotopic (exact) mass is 102 g/mol. The third-order valence-electron chi connectivity index (χ3n) is 0. The first-order valence-electron chi connectivity index (χ1n) is 0.309. The van der Waals surface area contributed by atoms with Gasteiger partial charge in [-0.15, -0.1) is 0 Å². The van der Waals surface area contributed by atoms with E-state index in [1.54, 1.807) is 0 Å². The van der Waals surface area contributed by atoms with Crippen LogP contribution in [0.1, 0.15) is 0 Å². The van der Waals surface area contributed by atoms with Gasteiger partial charge in [-0.3, -0.25) is 0 Å². The molecule has 0 saturated carbocycles. The maximum Gasteiger partial charge on any atom is 1.00 e. The zero-order valence-electron chi connectivity index (χ0n) is 1.57. The van der Waals surface area contributed by atoms with Gasteiger partial charge in [-0.1, -0.05) is 0 Å². The Morgan fingerprint density at radius 3 is 1.25 bits per heavy atom. The Kier molecular flexibility index (Phi) is 21.4. The van der Waals surface area contributed by atoms with Crippen LogP contribution in [-0.4, -0.2) is 0 Å². The van der Waals surface area contributed by atoms with Gasteiger partial charge in [0.2, 0.25) is 0 Å². The average Bonchev–Trinajstić information content (AvgIpc) is 0.918. The molecule has 0 bridgehead atoms. The van der Waals surface area contributed by atoms with Crippen molar-refractivity contribution in [2.24, 2.45) is 0 Å². The van der Waals surface area contributed by atoms with Crippen molar-refractivity contribution in [1.82, 2.24) is 0 Å². The molecule has 0 aliphatic heterocycles. The summed E-state index contributed by atoms with van der Waals surface area (Å²) in [6.07, 6.45) is 0. The zero-order chi connectivity index (χ0) is 2.71. The number of rotatable bonds is 0. The Hall–Kier alpha value is 0.500. The number of halogens is 2. The van der Waals surface area contributed by atoms with Crippen molar-refractivity contribution >= 4 is 0 Å². The van der Waals surface area contributed by atoms with E-state index >= 15 is 0 Å². The molecule has 0 aliphatic rings. The SMILES string of the molecule is [Cl+].[O-][Cl+][O-]. The van der Waals surface area contributed by atoms with Crippen LogP contribution in [0.3, 0.4) is 0 Å². The summed E-state index contributed by atoms with van der Waals surface area (Å²) in [6.45, 7) is 0. The second-order valence-corrected chi connectivity index (χ2v) is 0.189. The van der Waals surface area contributed by atoms with Crippen LogP contribution in [0.25, 0.3) is 0 Å².